The number of hydrogen-bond donors (Lipinski definition) is 2. The fourth-order valence-electron chi connectivity index (χ4n) is 5.71. The van der Waals surface area contributed by atoms with Crippen molar-refractivity contribution in [2.75, 3.05) is 46.5 Å². The Hall–Kier alpha value is -4.42. The fraction of sp³-hybridized carbons (Fsp3) is 0.394. The summed E-state index contributed by atoms with van der Waals surface area (Å²) in [6, 6.07) is 9.53. The molecule has 0 atom stereocenters. The number of rotatable bonds is 4. The molecule has 2 N–H and O–H groups in total. The first-order valence-electron chi connectivity index (χ1n) is 15.3. The van der Waals surface area contributed by atoms with Crippen LogP contribution in [0.3, 0.4) is 0 Å². The van der Waals surface area contributed by atoms with Gasteiger partial charge in [0.1, 0.15) is 28.9 Å². The molecule has 0 saturated carbocycles. The topological polar surface area (TPSA) is 122 Å². The van der Waals surface area contributed by atoms with Crippen LogP contribution >= 0.6 is 11.3 Å². The van der Waals surface area contributed by atoms with Gasteiger partial charge in [-0.15, -0.1) is 11.3 Å². The van der Waals surface area contributed by atoms with Gasteiger partial charge in [-0.1, -0.05) is 0 Å². The summed E-state index contributed by atoms with van der Waals surface area (Å²) in [7, 11) is 1.63. The average molecular weight is 631 g/mol. The third-order valence-electron chi connectivity index (χ3n) is 7.99. The molecular formula is C33H38N6O5S. The molecule has 0 aliphatic carbocycles. The van der Waals surface area contributed by atoms with Crippen LogP contribution < -0.4 is 19.5 Å². The second-order valence-electron chi connectivity index (χ2n) is 11.2. The Morgan fingerprint density at radius 2 is 1.93 bits per heavy atom. The van der Waals surface area contributed by atoms with Crippen LogP contribution in [0.1, 0.15) is 56.5 Å². The Kier molecular flexibility index (Phi) is 9.61. The van der Waals surface area contributed by atoms with Crippen molar-refractivity contribution in [3.8, 4) is 28.4 Å². The summed E-state index contributed by atoms with van der Waals surface area (Å²) < 4.78 is 18.5. The summed E-state index contributed by atoms with van der Waals surface area (Å²) in [5, 5.41) is 6.07. The lowest BCUT2D eigenvalue weighted by molar-refractivity contribution is 0.0743. The molecule has 4 heterocycles. The van der Waals surface area contributed by atoms with Gasteiger partial charge in [-0.2, -0.15) is 0 Å². The molecule has 2 aliphatic heterocycles. The minimum absolute atomic E-state index is 0.103. The molecule has 4 aromatic rings. The van der Waals surface area contributed by atoms with E-state index in [0.717, 1.165) is 53.4 Å². The highest BCUT2D eigenvalue weighted by atomic mass is 32.1. The highest BCUT2D eigenvalue weighted by molar-refractivity contribution is 7.09. The summed E-state index contributed by atoms with van der Waals surface area (Å²) in [5.74, 6) is 2.45. The first kappa shape index (κ1) is 30.6. The molecule has 0 radical (unpaired) electrons. The number of carbonyl (C=O) groups excluding carboxylic acids is 2. The summed E-state index contributed by atoms with van der Waals surface area (Å²) in [6.07, 6.45) is 5.52. The first-order valence-corrected chi connectivity index (χ1v) is 16.2. The van der Waals surface area contributed by atoms with Crippen LogP contribution in [0.2, 0.25) is 0 Å². The maximum absolute atomic E-state index is 13.3. The molecule has 11 nitrogen and oxygen atoms in total. The van der Waals surface area contributed by atoms with Gasteiger partial charge in [0.05, 0.1) is 26.5 Å². The molecule has 4 bridgehead atoms. The number of carbonyl (C=O) groups is 2. The second kappa shape index (κ2) is 14.1. The number of amides is 2. The van der Waals surface area contributed by atoms with Crippen molar-refractivity contribution in [2.24, 2.45) is 0 Å². The van der Waals surface area contributed by atoms with E-state index in [9.17, 15) is 9.59 Å². The van der Waals surface area contributed by atoms with Crippen LogP contribution in [-0.2, 0) is 13.1 Å². The van der Waals surface area contributed by atoms with Crippen LogP contribution in [0.5, 0.6) is 17.2 Å². The summed E-state index contributed by atoms with van der Waals surface area (Å²) >= 11 is 1.64. The van der Waals surface area contributed by atoms with Crippen molar-refractivity contribution in [3.05, 3.63) is 75.8 Å². The Bertz CT molecular complexity index is 1640. The number of H-pyrrole nitrogens is 1. The summed E-state index contributed by atoms with van der Waals surface area (Å²) in [5.41, 5.74) is 3.66. The number of methoxy groups -OCH3 is 1. The molecule has 45 heavy (non-hydrogen) atoms. The number of imidazole rings is 1. The molecule has 0 spiro atoms. The number of aromatic amines is 1. The average Bonchev–Trinajstić information content (AvgIpc) is 3.68. The molecule has 2 aromatic carbocycles. The zero-order valence-corrected chi connectivity index (χ0v) is 26.5. The lowest BCUT2D eigenvalue weighted by Gasteiger charge is -2.22. The Morgan fingerprint density at radius 3 is 2.73 bits per heavy atom. The number of nitrogens with zero attached hydrogens (tertiary/aromatic N) is 4. The van der Waals surface area contributed by atoms with E-state index in [1.54, 1.807) is 30.7 Å². The monoisotopic (exact) mass is 630 g/mol. The zero-order valence-electron chi connectivity index (χ0n) is 25.6. The highest BCUT2D eigenvalue weighted by Gasteiger charge is 2.24. The molecule has 0 unspecified atom stereocenters. The van der Waals surface area contributed by atoms with Gasteiger partial charge in [0, 0.05) is 61.0 Å². The zero-order chi connectivity index (χ0) is 31.2. The number of ether oxygens (including phenoxy) is 3. The Labute approximate surface area is 266 Å². The molecule has 0 saturated heterocycles. The van der Waals surface area contributed by atoms with Crippen LogP contribution in [-0.4, -0.2) is 83.1 Å². The van der Waals surface area contributed by atoms with Gasteiger partial charge in [-0.25, -0.2) is 9.97 Å². The van der Waals surface area contributed by atoms with Crippen LogP contribution in [0, 0.1) is 6.92 Å². The van der Waals surface area contributed by atoms with Crippen LogP contribution in [0.15, 0.2) is 48.1 Å². The lowest BCUT2D eigenvalue weighted by atomic mass is 9.98. The third-order valence-corrected chi connectivity index (χ3v) is 8.75. The van der Waals surface area contributed by atoms with E-state index in [1.807, 2.05) is 41.6 Å². The van der Waals surface area contributed by atoms with E-state index >= 15 is 0 Å². The number of nitrogens with one attached hydrogen (secondary N) is 2. The number of fused-ring (bicyclic) bond motifs is 7. The maximum Gasteiger partial charge on any atom is 0.271 e. The van der Waals surface area contributed by atoms with E-state index in [-0.39, 0.29) is 11.8 Å². The van der Waals surface area contributed by atoms with Gasteiger partial charge >= 0.3 is 0 Å². The first-order chi connectivity index (χ1) is 22.0. The van der Waals surface area contributed by atoms with Gasteiger partial charge < -0.3 is 29.4 Å². The number of thiazole rings is 1. The quantitative estimate of drug-likeness (QED) is 0.334. The van der Waals surface area contributed by atoms with Crippen LogP contribution in [0.4, 0.5) is 0 Å². The van der Waals surface area contributed by atoms with E-state index in [1.165, 1.54) is 0 Å². The minimum atomic E-state index is -0.186. The van der Waals surface area contributed by atoms with Gasteiger partial charge in [-0.05, 0) is 62.1 Å². The molecule has 0 fully saturated rings. The van der Waals surface area contributed by atoms with E-state index in [4.69, 9.17) is 14.2 Å². The summed E-state index contributed by atoms with van der Waals surface area (Å²) in [6.45, 7) is 6.45. The van der Waals surface area contributed by atoms with Gasteiger partial charge in [-0.3, -0.25) is 14.5 Å². The lowest BCUT2D eigenvalue weighted by Crippen LogP contribution is -2.35. The number of aromatic nitrogens is 3. The maximum atomic E-state index is 13.3. The van der Waals surface area contributed by atoms with Crippen molar-refractivity contribution >= 4 is 23.2 Å². The minimum Gasteiger partial charge on any atom is -0.496 e. The highest BCUT2D eigenvalue weighted by Crippen LogP contribution is 2.41. The fourth-order valence-corrected chi connectivity index (χ4v) is 6.37. The number of benzene rings is 2. The normalized spacial score (nSPS) is 16.4. The number of hydrogen-bond acceptors (Lipinski definition) is 9. The standard InChI is InChI=1S/C33H38N6O5S/c1-22-36-19-27(37-22)33(41)39-10-3-4-13-43-29-18-24(26-17-23(6-7-28(26)42-2)32(40)35-8-5-11-39)16-25-20-38(12-14-44-31(25)29)21-30-34-9-15-45-30/h6-7,9,15-19H,3-5,8,10-14,20-21H2,1-2H3,(H,35,40)(H,36,37). The van der Waals surface area contributed by atoms with Crippen molar-refractivity contribution in [1.29, 1.82) is 0 Å². The largest absolute Gasteiger partial charge is 0.496 e. The van der Waals surface area contributed by atoms with E-state index in [2.05, 4.69) is 31.2 Å². The van der Waals surface area contributed by atoms with Gasteiger partial charge in [0.25, 0.3) is 11.8 Å². The molecule has 236 valence electrons. The van der Waals surface area contributed by atoms with Gasteiger partial charge in [0.15, 0.2) is 11.5 Å². The molecule has 2 aromatic heterocycles. The summed E-state index contributed by atoms with van der Waals surface area (Å²) in [4.78, 5) is 42.4. The molecule has 12 heteroatoms. The van der Waals surface area contributed by atoms with Crippen molar-refractivity contribution in [2.45, 2.75) is 39.3 Å². The van der Waals surface area contributed by atoms with E-state index < -0.39 is 0 Å². The third kappa shape index (κ3) is 7.29. The Morgan fingerprint density at radius 1 is 1.04 bits per heavy atom. The van der Waals surface area contributed by atoms with Crippen molar-refractivity contribution in [3.63, 3.8) is 0 Å². The predicted molar refractivity (Wildman–Crippen MR) is 171 cm³/mol. The van der Waals surface area contributed by atoms with Gasteiger partial charge in [0.2, 0.25) is 0 Å². The number of aryl methyl sites for hydroxylation is 1. The molecule has 2 amide bonds. The second-order valence-corrected chi connectivity index (χ2v) is 12.2. The predicted octanol–water partition coefficient (Wildman–Crippen LogP) is 4.68. The molecular weight excluding hydrogens is 592 g/mol. The van der Waals surface area contributed by atoms with Crippen LogP contribution in [0.25, 0.3) is 11.1 Å². The SMILES string of the molecule is COc1ccc2cc1-c1cc3c(c(c1)OCCCCN(C(=O)c1cnc(C)[nH]1)CCCNC2=O)OCCN(Cc1nccs1)C3. The van der Waals surface area contributed by atoms with Crippen molar-refractivity contribution < 1.29 is 23.8 Å². The Balaban J connectivity index is 1.31. The van der Waals surface area contributed by atoms with E-state index in [0.29, 0.717) is 74.4 Å². The molecule has 6 rings (SSSR count). The molecule has 2 aliphatic rings. The van der Waals surface area contributed by atoms with Crippen molar-refractivity contribution in [1.82, 2.24) is 30.1 Å². The smallest absolute Gasteiger partial charge is 0.271 e.